The highest BCUT2D eigenvalue weighted by atomic mass is 16.5. The molecule has 0 bridgehead atoms. The van der Waals surface area contributed by atoms with E-state index in [2.05, 4.69) is 15.6 Å². The van der Waals surface area contributed by atoms with Crippen LogP contribution in [-0.2, 0) is 22.6 Å². The zero-order valence-corrected chi connectivity index (χ0v) is 23.8. The molecule has 0 spiro atoms. The van der Waals surface area contributed by atoms with Crippen molar-refractivity contribution >= 4 is 22.8 Å². The lowest BCUT2D eigenvalue weighted by atomic mass is 9.98. The van der Waals surface area contributed by atoms with Crippen LogP contribution in [0.25, 0.3) is 11.0 Å². The minimum absolute atomic E-state index is 0.0659. The first-order valence-corrected chi connectivity index (χ1v) is 13.4. The Hall–Kier alpha value is -4.40. The topological polar surface area (TPSA) is 98.6 Å². The number of aromatic nitrogens is 3. The summed E-state index contributed by atoms with van der Waals surface area (Å²) >= 11 is 0. The Kier molecular flexibility index (Phi) is 9.04. The fourth-order valence-electron chi connectivity index (χ4n) is 4.53. The zero-order valence-electron chi connectivity index (χ0n) is 23.8. The van der Waals surface area contributed by atoms with E-state index in [-0.39, 0.29) is 18.4 Å². The predicted molar refractivity (Wildman–Crippen MR) is 154 cm³/mol. The highest BCUT2D eigenvalue weighted by Crippen LogP contribution is 2.33. The van der Waals surface area contributed by atoms with Crippen LogP contribution in [0.4, 0.5) is 0 Å². The molecule has 1 heterocycles. The first-order valence-electron chi connectivity index (χ1n) is 13.4. The molecule has 0 fully saturated rings. The summed E-state index contributed by atoms with van der Waals surface area (Å²) in [7, 11) is 3.11. The van der Waals surface area contributed by atoms with Gasteiger partial charge in [-0.2, -0.15) is 0 Å². The van der Waals surface area contributed by atoms with Gasteiger partial charge < -0.3 is 19.7 Å². The van der Waals surface area contributed by atoms with Crippen LogP contribution < -0.4 is 14.8 Å². The van der Waals surface area contributed by atoms with E-state index in [0.29, 0.717) is 35.5 Å². The number of amides is 2. The molecule has 0 radical (unpaired) electrons. The minimum atomic E-state index is -0.920. The second-order valence-electron chi connectivity index (χ2n) is 10.3. The number of methoxy groups -OCH3 is 2. The summed E-state index contributed by atoms with van der Waals surface area (Å²) in [4.78, 5) is 29.8. The maximum atomic E-state index is 14.1. The summed E-state index contributed by atoms with van der Waals surface area (Å²) < 4.78 is 12.6. The number of fused-ring (bicyclic) bond motifs is 1. The maximum absolute atomic E-state index is 14.1. The van der Waals surface area contributed by atoms with E-state index >= 15 is 0 Å². The lowest BCUT2D eigenvalue weighted by Gasteiger charge is -2.35. The average molecular weight is 544 g/mol. The van der Waals surface area contributed by atoms with Crippen molar-refractivity contribution in [2.24, 2.45) is 0 Å². The molecule has 0 unspecified atom stereocenters. The number of hydrogen-bond acceptors (Lipinski definition) is 6. The normalized spacial score (nSPS) is 12.1. The highest BCUT2D eigenvalue weighted by Gasteiger charge is 2.34. The van der Waals surface area contributed by atoms with Gasteiger partial charge in [0.2, 0.25) is 11.8 Å². The third kappa shape index (κ3) is 6.59. The van der Waals surface area contributed by atoms with Crippen LogP contribution in [0.2, 0.25) is 0 Å². The van der Waals surface area contributed by atoms with Crippen molar-refractivity contribution in [1.29, 1.82) is 0 Å². The lowest BCUT2D eigenvalue weighted by molar-refractivity contribution is -0.142. The fourth-order valence-corrected chi connectivity index (χ4v) is 4.53. The highest BCUT2D eigenvalue weighted by molar-refractivity contribution is 5.89. The van der Waals surface area contributed by atoms with E-state index in [1.807, 2.05) is 75.4 Å². The standard InChI is InChI=1S/C31H37N5O4/c1-6-31(2,3)32-30(38)29(23-16-17-26(39-4)27(20-23)40-5)35(19-18-22-12-8-7-9-13-22)28(37)21-36-25-15-11-10-14-24(25)33-34-36/h7-17,20,29H,6,18-19,21H2,1-5H3,(H,32,38)/t29-/m0/s1. The number of hydrogen-bond donors (Lipinski definition) is 1. The molecular formula is C31H37N5O4. The summed E-state index contributed by atoms with van der Waals surface area (Å²) in [6.07, 6.45) is 1.29. The maximum Gasteiger partial charge on any atom is 0.247 e. The summed E-state index contributed by atoms with van der Waals surface area (Å²) in [5, 5.41) is 11.6. The van der Waals surface area contributed by atoms with Crippen LogP contribution in [0.3, 0.4) is 0 Å². The molecule has 1 aromatic heterocycles. The molecule has 4 aromatic rings. The molecule has 4 rings (SSSR count). The van der Waals surface area contributed by atoms with Gasteiger partial charge in [0.1, 0.15) is 18.1 Å². The zero-order chi connectivity index (χ0) is 28.7. The molecule has 0 aliphatic heterocycles. The molecule has 0 aliphatic carbocycles. The van der Waals surface area contributed by atoms with E-state index in [1.54, 1.807) is 42.0 Å². The van der Waals surface area contributed by atoms with Gasteiger partial charge in [-0.15, -0.1) is 5.10 Å². The van der Waals surface area contributed by atoms with Crippen molar-refractivity contribution in [1.82, 2.24) is 25.2 Å². The lowest BCUT2D eigenvalue weighted by Crippen LogP contribution is -2.51. The van der Waals surface area contributed by atoms with Crippen LogP contribution in [0.15, 0.2) is 72.8 Å². The predicted octanol–water partition coefficient (Wildman–Crippen LogP) is 4.57. The van der Waals surface area contributed by atoms with Gasteiger partial charge in [0, 0.05) is 12.1 Å². The van der Waals surface area contributed by atoms with Gasteiger partial charge in [-0.05, 0) is 62.1 Å². The van der Waals surface area contributed by atoms with E-state index < -0.39 is 11.6 Å². The minimum Gasteiger partial charge on any atom is -0.493 e. The fraction of sp³-hybridized carbons (Fsp3) is 0.355. The van der Waals surface area contributed by atoms with Crippen molar-refractivity contribution < 1.29 is 19.1 Å². The number of carbonyl (C=O) groups is 2. The number of carbonyl (C=O) groups excluding carboxylic acids is 2. The third-order valence-electron chi connectivity index (χ3n) is 7.14. The number of nitrogens with zero attached hydrogens (tertiary/aromatic N) is 4. The van der Waals surface area contributed by atoms with Crippen LogP contribution in [-0.4, -0.2) is 58.0 Å². The quantitative estimate of drug-likeness (QED) is 0.281. The SMILES string of the molecule is CCC(C)(C)NC(=O)[C@H](c1ccc(OC)c(OC)c1)N(CCc1ccccc1)C(=O)Cn1nnc2ccccc21. The molecule has 1 N–H and O–H groups in total. The summed E-state index contributed by atoms with van der Waals surface area (Å²) in [6.45, 7) is 6.19. The Labute approximate surface area is 235 Å². The Morgan fingerprint density at radius 1 is 0.975 bits per heavy atom. The summed E-state index contributed by atoms with van der Waals surface area (Å²) in [6, 6.07) is 21.8. The van der Waals surface area contributed by atoms with Crippen LogP contribution in [0.5, 0.6) is 11.5 Å². The number of nitrogens with one attached hydrogen (secondary N) is 1. The average Bonchev–Trinajstić information content (AvgIpc) is 3.37. The van der Waals surface area contributed by atoms with Gasteiger partial charge in [-0.1, -0.05) is 60.7 Å². The number of ether oxygens (including phenoxy) is 2. The first kappa shape index (κ1) is 28.6. The van der Waals surface area contributed by atoms with Gasteiger partial charge in [0.05, 0.1) is 19.7 Å². The molecule has 0 saturated heterocycles. The van der Waals surface area contributed by atoms with Gasteiger partial charge in [-0.3, -0.25) is 9.59 Å². The Morgan fingerprint density at radius 2 is 1.68 bits per heavy atom. The third-order valence-corrected chi connectivity index (χ3v) is 7.14. The number of benzene rings is 3. The monoisotopic (exact) mass is 543 g/mol. The van der Waals surface area contributed by atoms with Gasteiger partial charge in [-0.25, -0.2) is 4.68 Å². The second-order valence-corrected chi connectivity index (χ2v) is 10.3. The van der Waals surface area contributed by atoms with E-state index in [1.165, 1.54) is 0 Å². The van der Waals surface area contributed by atoms with Gasteiger partial charge >= 0.3 is 0 Å². The van der Waals surface area contributed by atoms with Crippen molar-refractivity contribution in [3.63, 3.8) is 0 Å². The van der Waals surface area contributed by atoms with Crippen LogP contribution in [0, 0.1) is 0 Å². The summed E-state index contributed by atoms with van der Waals surface area (Å²) in [5.74, 6) is 0.487. The molecule has 0 saturated carbocycles. The Morgan fingerprint density at radius 3 is 2.38 bits per heavy atom. The van der Waals surface area contributed by atoms with Crippen molar-refractivity contribution in [2.75, 3.05) is 20.8 Å². The Balaban J connectivity index is 1.77. The number of para-hydroxylation sites is 1. The molecule has 210 valence electrons. The second kappa shape index (κ2) is 12.6. The molecular weight excluding hydrogens is 506 g/mol. The smallest absolute Gasteiger partial charge is 0.247 e. The Bertz CT molecular complexity index is 1450. The van der Waals surface area contributed by atoms with Crippen molar-refractivity contribution in [3.05, 3.63) is 83.9 Å². The molecule has 9 nitrogen and oxygen atoms in total. The molecule has 3 aromatic carbocycles. The first-order chi connectivity index (χ1) is 19.3. The van der Waals surface area contributed by atoms with E-state index in [0.717, 1.165) is 17.5 Å². The van der Waals surface area contributed by atoms with Crippen LogP contribution in [0.1, 0.15) is 44.4 Å². The van der Waals surface area contributed by atoms with Gasteiger partial charge in [0.25, 0.3) is 0 Å². The number of rotatable bonds is 12. The molecule has 0 aliphatic rings. The largest absolute Gasteiger partial charge is 0.493 e. The van der Waals surface area contributed by atoms with Crippen LogP contribution >= 0.6 is 0 Å². The van der Waals surface area contributed by atoms with Crippen molar-refractivity contribution in [2.45, 2.75) is 51.7 Å². The molecule has 40 heavy (non-hydrogen) atoms. The van der Waals surface area contributed by atoms with E-state index in [4.69, 9.17) is 9.47 Å². The molecule has 2 amide bonds. The summed E-state index contributed by atoms with van der Waals surface area (Å²) in [5.41, 5.74) is 2.66. The van der Waals surface area contributed by atoms with Gasteiger partial charge in [0.15, 0.2) is 11.5 Å². The van der Waals surface area contributed by atoms with E-state index in [9.17, 15) is 9.59 Å². The molecule has 9 heteroatoms. The van der Waals surface area contributed by atoms with Crippen molar-refractivity contribution in [3.8, 4) is 11.5 Å². The molecule has 1 atom stereocenters.